The largest absolute Gasteiger partial charge is 0.335 e. The Bertz CT molecular complexity index is 2160. The number of hydrogen-bond donors (Lipinski definition) is 0. The van der Waals surface area contributed by atoms with E-state index in [0.29, 0.717) is 0 Å². The van der Waals surface area contributed by atoms with Crippen molar-refractivity contribution in [3.63, 3.8) is 0 Å². The predicted octanol–water partition coefficient (Wildman–Crippen LogP) is 7.64. The van der Waals surface area contributed by atoms with Crippen molar-refractivity contribution in [3.05, 3.63) is 108 Å². The molecular weight excluding hydrogens is 507 g/mol. The molecule has 1 aliphatic carbocycles. The van der Waals surface area contributed by atoms with Crippen LogP contribution in [0.5, 0.6) is 0 Å². The molecule has 4 aliphatic rings. The van der Waals surface area contributed by atoms with E-state index in [2.05, 4.69) is 127 Å². The molecule has 2 nitrogen and oxygen atoms in total. The lowest BCUT2D eigenvalue weighted by Crippen LogP contribution is -2.64. The zero-order valence-corrected chi connectivity index (χ0v) is 24.5. The second-order valence-electron chi connectivity index (χ2n) is 13.7. The number of anilines is 2. The van der Waals surface area contributed by atoms with Gasteiger partial charge in [-0.3, -0.25) is 0 Å². The van der Waals surface area contributed by atoms with Gasteiger partial charge in [0, 0.05) is 38.8 Å². The van der Waals surface area contributed by atoms with E-state index in [-0.39, 0.29) is 17.7 Å². The van der Waals surface area contributed by atoms with Crippen molar-refractivity contribution in [2.24, 2.45) is 0 Å². The molecule has 3 aliphatic heterocycles. The summed E-state index contributed by atoms with van der Waals surface area (Å²) in [7, 11) is 0. The van der Waals surface area contributed by atoms with Crippen molar-refractivity contribution in [3.8, 4) is 16.8 Å². The van der Waals surface area contributed by atoms with Crippen LogP contribution in [0, 0.1) is 6.92 Å². The summed E-state index contributed by atoms with van der Waals surface area (Å²) in [5.41, 5.74) is 17.1. The van der Waals surface area contributed by atoms with Crippen LogP contribution < -0.4 is 21.3 Å². The summed E-state index contributed by atoms with van der Waals surface area (Å²) in [6.45, 7) is 7.66. The van der Waals surface area contributed by atoms with E-state index < -0.39 is 0 Å². The molecule has 0 bridgehead atoms. The van der Waals surface area contributed by atoms with Gasteiger partial charge in [0.15, 0.2) is 0 Å². The summed E-state index contributed by atoms with van der Waals surface area (Å²) in [5.74, 6) is 0. The summed E-state index contributed by atoms with van der Waals surface area (Å²) in [6.07, 6.45) is 5.06. The molecule has 5 aromatic carbocycles. The van der Waals surface area contributed by atoms with Gasteiger partial charge in [-0.1, -0.05) is 92.6 Å². The number of benzene rings is 5. The van der Waals surface area contributed by atoms with E-state index >= 15 is 0 Å². The zero-order valence-electron chi connectivity index (χ0n) is 24.5. The molecule has 10 rings (SSSR count). The lowest BCUT2D eigenvalue weighted by molar-refractivity contribution is 0.195. The molecule has 0 radical (unpaired) electrons. The van der Waals surface area contributed by atoms with Crippen molar-refractivity contribution in [1.29, 1.82) is 0 Å². The van der Waals surface area contributed by atoms with Crippen LogP contribution in [0.25, 0.3) is 38.6 Å². The molecule has 42 heavy (non-hydrogen) atoms. The van der Waals surface area contributed by atoms with Gasteiger partial charge in [-0.2, -0.15) is 0 Å². The summed E-state index contributed by atoms with van der Waals surface area (Å²) in [5, 5.41) is 2.71. The first-order chi connectivity index (χ1) is 20.5. The molecule has 202 valence electrons. The molecule has 0 N–H and O–H groups in total. The molecule has 2 atom stereocenters. The van der Waals surface area contributed by atoms with Crippen molar-refractivity contribution in [2.45, 2.75) is 57.4 Å². The first kappa shape index (κ1) is 23.3. The highest BCUT2D eigenvalue weighted by atomic mass is 15.3. The maximum Gasteiger partial charge on any atom is 0.252 e. The Morgan fingerprint density at radius 3 is 2.33 bits per heavy atom. The van der Waals surface area contributed by atoms with E-state index in [0.717, 1.165) is 0 Å². The minimum atomic E-state index is 0.0369. The van der Waals surface area contributed by atoms with Crippen LogP contribution in [-0.4, -0.2) is 16.8 Å². The number of fused-ring (bicyclic) bond motifs is 10. The zero-order chi connectivity index (χ0) is 28.0. The normalized spacial score (nSPS) is 22.8. The smallest absolute Gasteiger partial charge is 0.252 e. The standard InChI is InChI=1S/C39H33BN2/c1-24-20-33-35-34(21-24)42-37-29(38(2)18-9-10-19-39(38,42)3)22-26(25-12-5-4-6-13-25)23-31(37)40(35)30-16-11-15-28-27-14-7-8-17-32(27)41(33)36(28)30/h4-8,11-17,20-23H,9-10,18-19H2,1-3H3. The first-order valence-electron chi connectivity index (χ1n) is 15.7. The Morgan fingerprint density at radius 1 is 0.690 bits per heavy atom. The molecule has 4 heterocycles. The van der Waals surface area contributed by atoms with Crippen molar-refractivity contribution >= 4 is 56.3 Å². The van der Waals surface area contributed by atoms with Gasteiger partial charge >= 0.3 is 0 Å². The molecule has 1 aromatic heterocycles. The fourth-order valence-corrected chi connectivity index (χ4v) is 9.69. The van der Waals surface area contributed by atoms with Gasteiger partial charge in [-0.25, -0.2) is 0 Å². The molecule has 0 amide bonds. The van der Waals surface area contributed by atoms with E-state index in [9.17, 15) is 0 Å². The van der Waals surface area contributed by atoms with Gasteiger partial charge in [-0.15, -0.1) is 0 Å². The third kappa shape index (κ3) is 2.53. The maximum absolute atomic E-state index is 2.84. The van der Waals surface area contributed by atoms with Gasteiger partial charge in [0.25, 0.3) is 6.71 Å². The summed E-state index contributed by atoms with van der Waals surface area (Å²) < 4.78 is 2.59. The third-order valence-electron chi connectivity index (χ3n) is 11.7. The number of nitrogens with zero attached hydrogens (tertiary/aromatic N) is 2. The fourth-order valence-electron chi connectivity index (χ4n) is 9.69. The van der Waals surface area contributed by atoms with Gasteiger partial charge in [0.1, 0.15) is 0 Å². The average Bonchev–Trinajstić information content (AvgIpc) is 3.46. The van der Waals surface area contributed by atoms with Gasteiger partial charge < -0.3 is 9.47 Å². The Hall–Kier alpha value is -4.24. The van der Waals surface area contributed by atoms with Crippen LogP contribution in [0.3, 0.4) is 0 Å². The topological polar surface area (TPSA) is 8.17 Å². The van der Waals surface area contributed by atoms with Crippen LogP contribution in [0.15, 0.2) is 97.1 Å². The highest BCUT2D eigenvalue weighted by Crippen LogP contribution is 2.61. The van der Waals surface area contributed by atoms with Crippen LogP contribution >= 0.6 is 0 Å². The second kappa shape index (κ2) is 7.58. The van der Waals surface area contributed by atoms with Crippen LogP contribution in [-0.2, 0) is 5.41 Å². The second-order valence-corrected chi connectivity index (χ2v) is 13.7. The highest BCUT2D eigenvalue weighted by molar-refractivity contribution is 7.00. The SMILES string of the molecule is Cc1cc2c3c(c1)-n1c4ccccc4c4cccc(c41)B3c1cc(-c3ccccc3)cc3c1N2C1(C)CCCCC31C. The van der Waals surface area contributed by atoms with E-state index in [4.69, 9.17) is 0 Å². The van der Waals surface area contributed by atoms with Crippen molar-refractivity contribution < 1.29 is 0 Å². The maximum atomic E-state index is 2.84. The van der Waals surface area contributed by atoms with E-state index in [1.807, 2.05) is 0 Å². The summed E-state index contributed by atoms with van der Waals surface area (Å²) in [4.78, 5) is 2.84. The molecule has 6 aromatic rings. The molecule has 2 unspecified atom stereocenters. The Labute approximate surface area is 247 Å². The quantitative estimate of drug-likeness (QED) is 0.194. The molecule has 1 fully saturated rings. The van der Waals surface area contributed by atoms with E-state index in [1.54, 1.807) is 5.56 Å². The Morgan fingerprint density at radius 2 is 1.45 bits per heavy atom. The lowest BCUT2D eigenvalue weighted by atomic mass is 9.33. The van der Waals surface area contributed by atoms with Crippen LogP contribution in [0.2, 0.25) is 0 Å². The average molecular weight is 541 g/mol. The number of aromatic nitrogens is 1. The highest BCUT2D eigenvalue weighted by Gasteiger charge is 2.61. The first-order valence-corrected chi connectivity index (χ1v) is 15.7. The minimum Gasteiger partial charge on any atom is -0.335 e. The Kier molecular flexibility index (Phi) is 4.21. The summed E-state index contributed by atoms with van der Waals surface area (Å²) >= 11 is 0. The number of aryl methyl sites for hydroxylation is 1. The molecule has 0 saturated heterocycles. The number of hydrogen-bond acceptors (Lipinski definition) is 1. The molecule has 1 saturated carbocycles. The molecule has 0 spiro atoms. The Balaban J connectivity index is 1.41. The monoisotopic (exact) mass is 540 g/mol. The van der Waals surface area contributed by atoms with Gasteiger partial charge in [-0.05, 0) is 89.6 Å². The number of para-hydroxylation sites is 2. The van der Waals surface area contributed by atoms with Crippen molar-refractivity contribution in [1.82, 2.24) is 4.57 Å². The fraction of sp³-hybridized carbons (Fsp3) is 0.231. The van der Waals surface area contributed by atoms with Gasteiger partial charge in [0.2, 0.25) is 0 Å². The lowest BCUT2D eigenvalue weighted by Gasteiger charge is -2.52. The van der Waals surface area contributed by atoms with Crippen molar-refractivity contribution in [2.75, 3.05) is 4.90 Å². The van der Waals surface area contributed by atoms with Crippen LogP contribution in [0.1, 0.15) is 50.7 Å². The van der Waals surface area contributed by atoms with Gasteiger partial charge in [0.05, 0.1) is 11.1 Å². The third-order valence-corrected chi connectivity index (χ3v) is 11.7. The number of rotatable bonds is 1. The van der Waals surface area contributed by atoms with Crippen LogP contribution in [0.4, 0.5) is 11.4 Å². The summed E-state index contributed by atoms with van der Waals surface area (Å²) in [6, 6.07) is 37.2. The predicted molar refractivity (Wildman–Crippen MR) is 178 cm³/mol. The molecule has 3 heteroatoms. The minimum absolute atomic E-state index is 0.0369. The van der Waals surface area contributed by atoms with E-state index in [1.165, 1.54) is 97.6 Å². The molecular formula is C39H33BN2.